The Labute approximate surface area is 100 Å². The van der Waals surface area contributed by atoms with Crippen LogP contribution in [-0.4, -0.2) is 34.7 Å². The average Bonchev–Trinajstić information content (AvgIpc) is 2.30. The quantitative estimate of drug-likeness (QED) is 0.713. The first-order chi connectivity index (χ1) is 7.77. The van der Waals surface area contributed by atoms with E-state index in [1.165, 1.54) is 33.7 Å². The molecule has 4 nitrogen and oxygen atoms in total. The molecule has 6 heteroatoms. The molecule has 0 saturated heterocycles. The molecule has 2 heterocycles. The van der Waals surface area contributed by atoms with Gasteiger partial charge >= 0.3 is 0 Å². The Morgan fingerprint density at radius 1 is 0.875 bits per heavy atom. The molecule has 2 aliphatic rings. The Morgan fingerprint density at radius 3 is 1.69 bits per heavy atom. The average molecular weight is 252 g/mol. The minimum absolute atomic E-state index is 0.0530. The van der Waals surface area contributed by atoms with Gasteiger partial charge in [-0.25, -0.2) is 0 Å². The smallest absolute Gasteiger partial charge is 0.191 e. The Bertz CT molecular complexity index is 387. The van der Waals surface area contributed by atoms with Gasteiger partial charge in [-0.15, -0.1) is 0 Å². The lowest BCUT2D eigenvalue weighted by Gasteiger charge is -2.13. The fourth-order valence-corrected chi connectivity index (χ4v) is 3.39. The molecule has 16 heavy (non-hydrogen) atoms. The molecular formula is C10H8N2O2S2. The Morgan fingerprint density at radius 2 is 1.31 bits per heavy atom. The normalized spacial score (nSPS) is 27.8. The van der Waals surface area contributed by atoms with Crippen LogP contribution in [0, 0.1) is 0 Å². The molecule has 0 aromatic heterocycles. The highest BCUT2D eigenvalue weighted by Crippen LogP contribution is 2.34. The van der Waals surface area contributed by atoms with Gasteiger partial charge in [-0.05, 0) is 24.3 Å². The van der Waals surface area contributed by atoms with Crippen LogP contribution in [0.1, 0.15) is 0 Å². The van der Waals surface area contributed by atoms with Crippen molar-refractivity contribution in [2.45, 2.75) is 10.7 Å². The van der Waals surface area contributed by atoms with E-state index in [4.69, 9.17) is 0 Å². The van der Waals surface area contributed by atoms with Gasteiger partial charge in [0.2, 0.25) is 0 Å². The largest absolute Gasteiger partial charge is 0.291 e. The monoisotopic (exact) mass is 252 g/mol. The molecule has 0 N–H and O–H groups in total. The minimum atomic E-state index is -0.455. The molecule has 2 unspecified atom stereocenters. The molecule has 0 saturated carbocycles. The maximum atomic E-state index is 11.4. The van der Waals surface area contributed by atoms with E-state index in [0.29, 0.717) is 0 Å². The first kappa shape index (κ1) is 11.3. The lowest BCUT2D eigenvalue weighted by Crippen LogP contribution is -2.17. The predicted molar refractivity (Wildman–Crippen MR) is 68.0 cm³/mol. The number of hydrogen-bond acceptors (Lipinski definition) is 6. The van der Waals surface area contributed by atoms with E-state index in [9.17, 15) is 9.59 Å². The lowest BCUT2D eigenvalue weighted by atomic mass is 10.3. The second-order valence-electron chi connectivity index (χ2n) is 3.02. The summed E-state index contributed by atoms with van der Waals surface area (Å²) in [4.78, 5) is 30.8. The predicted octanol–water partition coefficient (Wildman–Crippen LogP) is 1.44. The molecule has 0 aromatic carbocycles. The van der Waals surface area contributed by atoms with E-state index in [1.807, 2.05) is 0 Å². The number of rotatable bonds is 3. The molecule has 82 valence electrons. The van der Waals surface area contributed by atoms with Crippen molar-refractivity contribution < 1.29 is 9.59 Å². The number of dihydropyridines is 2. The second-order valence-corrected chi connectivity index (χ2v) is 5.45. The van der Waals surface area contributed by atoms with Crippen molar-refractivity contribution in [2.24, 2.45) is 9.98 Å². The van der Waals surface area contributed by atoms with E-state index in [0.717, 1.165) is 0 Å². The van der Waals surface area contributed by atoms with E-state index in [2.05, 4.69) is 9.98 Å². The van der Waals surface area contributed by atoms with Crippen molar-refractivity contribution in [3.05, 3.63) is 24.3 Å². The molecular weight excluding hydrogens is 244 g/mol. The number of ketones is 2. The highest BCUT2D eigenvalue weighted by Gasteiger charge is 2.23. The van der Waals surface area contributed by atoms with Gasteiger partial charge in [-0.3, -0.25) is 19.6 Å². The van der Waals surface area contributed by atoms with Crippen molar-refractivity contribution in [3.8, 4) is 0 Å². The number of allylic oxidation sites excluding steroid dienone is 2. The molecule has 0 amide bonds. The van der Waals surface area contributed by atoms with E-state index in [-0.39, 0.29) is 11.6 Å². The zero-order valence-corrected chi connectivity index (χ0v) is 9.78. The number of carbonyl (C=O) groups excluding carboxylic acids is 2. The fourth-order valence-electron chi connectivity index (χ4n) is 1.09. The summed E-state index contributed by atoms with van der Waals surface area (Å²) in [5, 5.41) is -0.909. The van der Waals surface area contributed by atoms with Crippen molar-refractivity contribution in [3.63, 3.8) is 0 Å². The summed E-state index contributed by atoms with van der Waals surface area (Å²) in [6, 6.07) is 0. The summed E-state index contributed by atoms with van der Waals surface area (Å²) in [5.74, 6) is -0.106. The van der Waals surface area contributed by atoms with Crippen LogP contribution in [0.25, 0.3) is 0 Å². The van der Waals surface area contributed by atoms with Gasteiger partial charge in [0.25, 0.3) is 0 Å². The third-order valence-corrected chi connectivity index (χ3v) is 4.47. The number of carbonyl (C=O) groups is 2. The summed E-state index contributed by atoms with van der Waals surface area (Å²) in [7, 11) is 2.53. The molecule has 2 atom stereocenters. The SMILES string of the molecule is O=C1C=CC=NC1SSC1N=CC=CC1=O. The molecule has 0 fully saturated rings. The molecule has 0 aliphatic carbocycles. The molecule has 0 spiro atoms. The maximum absolute atomic E-state index is 11.4. The lowest BCUT2D eigenvalue weighted by molar-refractivity contribution is -0.114. The van der Waals surface area contributed by atoms with Crippen LogP contribution in [0.3, 0.4) is 0 Å². The second kappa shape index (κ2) is 5.27. The molecule has 2 rings (SSSR count). The summed E-state index contributed by atoms with van der Waals surface area (Å²) in [6.07, 6.45) is 9.36. The van der Waals surface area contributed by atoms with Gasteiger partial charge in [0.1, 0.15) is 0 Å². The highest BCUT2D eigenvalue weighted by atomic mass is 33.1. The standard InChI is InChI=1S/C10H8N2O2S2/c13-7-3-1-5-11-9(7)15-16-10-8(14)4-2-6-12-10/h1-6,9-10H. The van der Waals surface area contributed by atoms with Crippen molar-refractivity contribution in [2.75, 3.05) is 0 Å². The van der Waals surface area contributed by atoms with Gasteiger partial charge in [0.05, 0.1) is 0 Å². The maximum Gasteiger partial charge on any atom is 0.191 e. The fraction of sp³-hybridized carbons (Fsp3) is 0.200. The summed E-state index contributed by atoms with van der Waals surface area (Å²) < 4.78 is 0. The first-order valence-corrected chi connectivity index (χ1v) is 6.84. The van der Waals surface area contributed by atoms with Crippen LogP contribution < -0.4 is 0 Å². The van der Waals surface area contributed by atoms with E-state index in [1.54, 1.807) is 24.6 Å². The third-order valence-electron chi connectivity index (χ3n) is 1.86. The summed E-state index contributed by atoms with van der Waals surface area (Å²) >= 11 is 0. The van der Waals surface area contributed by atoms with Crippen LogP contribution in [0.15, 0.2) is 34.3 Å². The van der Waals surface area contributed by atoms with Crippen molar-refractivity contribution in [1.29, 1.82) is 0 Å². The van der Waals surface area contributed by atoms with Gasteiger partial charge in [0.15, 0.2) is 22.3 Å². The first-order valence-electron chi connectivity index (χ1n) is 4.57. The van der Waals surface area contributed by atoms with E-state index >= 15 is 0 Å². The van der Waals surface area contributed by atoms with Crippen LogP contribution in [0.2, 0.25) is 0 Å². The molecule has 0 aromatic rings. The molecule has 0 bridgehead atoms. The van der Waals surface area contributed by atoms with Crippen LogP contribution in [0.4, 0.5) is 0 Å². The van der Waals surface area contributed by atoms with Crippen LogP contribution >= 0.6 is 21.6 Å². The van der Waals surface area contributed by atoms with Gasteiger partial charge in [0, 0.05) is 12.4 Å². The number of aliphatic imine (C=N–C) groups is 2. The summed E-state index contributed by atoms with van der Waals surface area (Å²) in [6.45, 7) is 0. The van der Waals surface area contributed by atoms with Crippen LogP contribution in [0.5, 0.6) is 0 Å². The number of nitrogens with zero attached hydrogens (tertiary/aromatic N) is 2. The molecule has 0 radical (unpaired) electrons. The van der Waals surface area contributed by atoms with Gasteiger partial charge < -0.3 is 0 Å². The summed E-state index contributed by atoms with van der Waals surface area (Å²) in [5.41, 5.74) is 0. The zero-order chi connectivity index (χ0) is 11.4. The van der Waals surface area contributed by atoms with Gasteiger partial charge in [-0.1, -0.05) is 21.6 Å². The topological polar surface area (TPSA) is 58.9 Å². The zero-order valence-electron chi connectivity index (χ0n) is 8.15. The number of hydrogen-bond donors (Lipinski definition) is 0. The Balaban J connectivity index is 1.88. The van der Waals surface area contributed by atoms with E-state index < -0.39 is 10.7 Å². The Kier molecular flexibility index (Phi) is 3.74. The van der Waals surface area contributed by atoms with Crippen LogP contribution in [-0.2, 0) is 9.59 Å². The third kappa shape index (κ3) is 2.70. The highest BCUT2D eigenvalue weighted by molar-refractivity contribution is 8.77. The Hall–Kier alpha value is -1.14. The van der Waals surface area contributed by atoms with Crippen molar-refractivity contribution in [1.82, 2.24) is 0 Å². The molecule has 2 aliphatic heterocycles. The van der Waals surface area contributed by atoms with Gasteiger partial charge in [-0.2, -0.15) is 0 Å². The minimum Gasteiger partial charge on any atom is -0.291 e. The van der Waals surface area contributed by atoms with Crippen molar-refractivity contribution >= 4 is 45.6 Å².